The van der Waals surface area contributed by atoms with E-state index >= 15 is 0 Å². The van der Waals surface area contributed by atoms with Gasteiger partial charge in [0.15, 0.2) is 0 Å². The molecule has 15 heteroatoms. The van der Waals surface area contributed by atoms with Gasteiger partial charge in [0.25, 0.3) is 5.69 Å². The van der Waals surface area contributed by atoms with E-state index in [2.05, 4.69) is 9.88 Å². The monoisotopic (exact) mass is 616 g/mol. The molecule has 0 aliphatic carbocycles. The Kier molecular flexibility index (Phi) is 10.0. The number of carbonyl (C=O) groups is 1. The number of halogens is 6. The Hall–Kier alpha value is -3.62. The van der Waals surface area contributed by atoms with Gasteiger partial charge in [-0.05, 0) is 57.0 Å². The van der Waals surface area contributed by atoms with Gasteiger partial charge in [0.2, 0.25) is 5.91 Å². The molecule has 1 aromatic carbocycles. The lowest BCUT2D eigenvalue weighted by Gasteiger charge is -2.39. The predicted molar refractivity (Wildman–Crippen MR) is 148 cm³/mol. The Morgan fingerprint density at radius 3 is 2.21 bits per heavy atom. The van der Waals surface area contributed by atoms with Gasteiger partial charge in [-0.1, -0.05) is 0 Å². The predicted octanol–water partition coefficient (Wildman–Crippen LogP) is 5.45. The van der Waals surface area contributed by atoms with E-state index in [0.29, 0.717) is 83.7 Å². The zero-order chi connectivity index (χ0) is 31.4. The fraction of sp³-hybridized carbons (Fsp3) is 0.571. The van der Waals surface area contributed by atoms with Crippen LogP contribution in [-0.4, -0.2) is 84.0 Å². The fourth-order valence-electron chi connectivity index (χ4n) is 5.75. The lowest BCUT2D eigenvalue weighted by atomic mass is 10.0. The van der Waals surface area contributed by atoms with Gasteiger partial charge in [-0.25, -0.2) is 4.98 Å². The molecule has 3 heterocycles. The second kappa shape index (κ2) is 13.3. The van der Waals surface area contributed by atoms with E-state index in [1.165, 1.54) is 18.3 Å². The van der Waals surface area contributed by atoms with E-state index in [0.717, 1.165) is 18.2 Å². The number of anilines is 2. The third-order valence-corrected chi connectivity index (χ3v) is 8.05. The molecule has 4 rings (SSSR count). The number of likely N-dealkylation sites (tertiary alicyclic amines) is 1. The van der Waals surface area contributed by atoms with Gasteiger partial charge >= 0.3 is 12.4 Å². The normalized spacial score (nSPS) is 17.3. The number of piperazine rings is 1. The first-order chi connectivity index (χ1) is 20.3. The summed E-state index contributed by atoms with van der Waals surface area (Å²) >= 11 is 0. The zero-order valence-corrected chi connectivity index (χ0v) is 23.7. The first-order valence-electron chi connectivity index (χ1n) is 14.2. The van der Waals surface area contributed by atoms with Crippen molar-refractivity contribution in [1.29, 1.82) is 0 Å². The van der Waals surface area contributed by atoms with E-state index < -0.39 is 34.2 Å². The number of benzene rings is 1. The van der Waals surface area contributed by atoms with Crippen molar-refractivity contribution in [2.45, 2.75) is 51.0 Å². The van der Waals surface area contributed by atoms with Crippen LogP contribution in [0.5, 0.6) is 0 Å². The molecule has 0 radical (unpaired) electrons. The molecule has 0 saturated carbocycles. The van der Waals surface area contributed by atoms with Crippen molar-refractivity contribution in [3.05, 3.63) is 57.9 Å². The molecule has 2 aliphatic rings. The molecule has 2 fully saturated rings. The van der Waals surface area contributed by atoms with Crippen LogP contribution in [0.2, 0.25) is 0 Å². The number of carbonyl (C=O) groups excluding carboxylic acids is 1. The molecule has 1 amide bonds. The number of hydrogen-bond donors (Lipinski definition) is 0. The first-order valence-corrected chi connectivity index (χ1v) is 14.2. The molecule has 0 atom stereocenters. The number of amides is 1. The van der Waals surface area contributed by atoms with Crippen LogP contribution < -0.4 is 9.80 Å². The number of alkyl halides is 6. The van der Waals surface area contributed by atoms with Crippen LogP contribution in [0.15, 0.2) is 36.5 Å². The highest BCUT2D eigenvalue weighted by Crippen LogP contribution is 2.39. The number of aromatic nitrogens is 1. The minimum atomic E-state index is -4.86. The van der Waals surface area contributed by atoms with E-state index in [9.17, 15) is 41.3 Å². The molecule has 2 aliphatic heterocycles. The Balaban J connectivity index is 1.21. The van der Waals surface area contributed by atoms with Gasteiger partial charge in [0, 0.05) is 70.0 Å². The summed E-state index contributed by atoms with van der Waals surface area (Å²) in [4.78, 5) is 34.2. The van der Waals surface area contributed by atoms with Crippen LogP contribution in [0, 0.1) is 10.1 Å². The minimum Gasteiger partial charge on any atom is -0.369 e. The highest BCUT2D eigenvalue weighted by molar-refractivity contribution is 5.76. The van der Waals surface area contributed by atoms with Crippen LogP contribution in [0.1, 0.15) is 43.9 Å². The van der Waals surface area contributed by atoms with E-state index in [1.807, 2.05) is 11.8 Å². The average Bonchev–Trinajstić information content (AvgIpc) is 2.97. The quantitative estimate of drug-likeness (QED) is 0.211. The summed E-state index contributed by atoms with van der Waals surface area (Å²) in [6.45, 7) is 6.59. The fourth-order valence-corrected chi connectivity index (χ4v) is 5.75. The van der Waals surface area contributed by atoms with Crippen molar-refractivity contribution in [3.8, 4) is 0 Å². The highest BCUT2D eigenvalue weighted by atomic mass is 19.4. The summed E-state index contributed by atoms with van der Waals surface area (Å²) in [6, 6.07) is 5.38. The maximum absolute atomic E-state index is 13.5. The molecule has 236 valence electrons. The topological polar surface area (TPSA) is 86.1 Å². The zero-order valence-electron chi connectivity index (χ0n) is 23.7. The third kappa shape index (κ3) is 8.06. The number of rotatable bonds is 9. The van der Waals surface area contributed by atoms with Gasteiger partial charge in [0.05, 0.1) is 16.8 Å². The number of pyridine rings is 1. The number of nitro groups is 1. The van der Waals surface area contributed by atoms with Crippen molar-refractivity contribution in [3.63, 3.8) is 0 Å². The van der Waals surface area contributed by atoms with Crippen molar-refractivity contribution < 1.29 is 36.1 Å². The minimum absolute atomic E-state index is 0.0191. The standard InChI is InChI=1S/C28H34F6N6O3/c1-2-39(21-5-7-24(40(42)43)23(18-21)27(29,30)31)20-9-12-38(13-10-20)26(41)4-3-11-36-14-16-37(17-15-36)22-6-8-25(35-19-22)28(32,33)34/h5-8,18-20H,2-4,9-17H2,1H3. The first kappa shape index (κ1) is 32.3. The summed E-state index contributed by atoms with van der Waals surface area (Å²) in [5.74, 6) is 0.0191. The number of nitrogens with zero attached hydrogens (tertiary/aromatic N) is 6. The smallest absolute Gasteiger partial charge is 0.369 e. The molecule has 0 unspecified atom stereocenters. The summed E-state index contributed by atoms with van der Waals surface area (Å²) in [6.07, 6.45) is -5.93. The van der Waals surface area contributed by atoms with Gasteiger partial charge in [-0.3, -0.25) is 19.8 Å². The summed E-state index contributed by atoms with van der Waals surface area (Å²) in [5, 5.41) is 11.1. The Bertz CT molecular complexity index is 1260. The van der Waals surface area contributed by atoms with Crippen LogP contribution in [-0.2, 0) is 17.1 Å². The second-order valence-corrected chi connectivity index (χ2v) is 10.7. The summed E-state index contributed by atoms with van der Waals surface area (Å²) < 4.78 is 78.7. The average molecular weight is 617 g/mol. The molecule has 0 bridgehead atoms. The Labute approximate surface area is 245 Å². The van der Waals surface area contributed by atoms with Crippen molar-refractivity contribution in [1.82, 2.24) is 14.8 Å². The SMILES string of the molecule is CCN(c1ccc([N+](=O)[O-])c(C(F)(F)F)c1)C1CCN(C(=O)CCCN2CCN(c3ccc(C(F)(F)F)nc3)CC2)CC1. The third-order valence-electron chi connectivity index (χ3n) is 8.05. The van der Waals surface area contributed by atoms with Crippen LogP contribution >= 0.6 is 0 Å². The molecule has 9 nitrogen and oxygen atoms in total. The number of nitro benzene ring substituents is 1. The summed E-state index contributed by atoms with van der Waals surface area (Å²) in [5.41, 5.74) is -2.28. The summed E-state index contributed by atoms with van der Waals surface area (Å²) in [7, 11) is 0. The van der Waals surface area contributed by atoms with Gasteiger partial charge in [-0.2, -0.15) is 26.3 Å². The molecule has 0 N–H and O–H groups in total. The largest absolute Gasteiger partial charge is 0.433 e. The Morgan fingerprint density at radius 1 is 1.00 bits per heavy atom. The second-order valence-electron chi connectivity index (χ2n) is 10.7. The molecule has 0 spiro atoms. The molecule has 2 aromatic rings. The number of piperidine rings is 1. The molecule has 43 heavy (non-hydrogen) atoms. The number of hydrogen-bond acceptors (Lipinski definition) is 7. The molecule has 1 aromatic heterocycles. The lowest BCUT2D eigenvalue weighted by molar-refractivity contribution is -0.388. The lowest BCUT2D eigenvalue weighted by Crippen LogP contribution is -2.48. The van der Waals surface area contributed by atoms with Gasteiger partial charge in [0.1, 0.15) is 11.3 Å². The molecular weight excluding hydrogens is 582 g/mol. The van der Waals surface area contributed by atoms with E-state index in [-0.39, 0.29) is 17.6 Å². The Morgan fingerprint density at radius 2 is 1.67 bits per heavy atom. The van der Waals surface area contributed by atoms with Crippen molar-refractivity contribution in [2.24, 2.45) is 0 Å². The molecule has 2 saturated heterocycles. The maximum Gasteiger partial charge on any atom is 0.433 e. The van der Waals surface area contributed by atoms with E-state index in [4.69, 9.17) is 0 Å². The van der Waals surface area contributed by atoms with Crippen LogP contribution in [0.4, 0.5) is 43.4 Å². The van der Waals surface area contributed by atoms with Crippen LogP contribution in [0.3, 0.4) is 0 Å². The van der Waals surface area contributed by atoms with Crippen molar-refractivity contribution in [2.75, 3.05) is 62.2 Å². The van der Waals surface area contributed by atoms with Gasteiger partial charge < -0.3 is 14.7 Å². The maximum atomic E-state index is 13.5. The van der Waals surface area contributed by atoms with Crippen LogP contribution in [0.25, 0.3) is 0 Å². The van der Waals surface area contributed by atoms with E-state index in [1.54, 1.807) is 9.80 Å². The molecular formula is C28H34F6N6O3. The van der Waals surface area contributed by atoms with Gasteiger partial charge in [-0.15, -0.1) is 0 Å². The van der Waals surface area contributed by atoms with Crippen molar-refractivity contribution >= 4 is 23.0 Å². The highest BCUT2D eigenvalue weighted by Gasteiger charge is 2.39.